The number of nitrogens with zero attached hydrogens (tertiary/aromatic N) is 3. The lowest BCUT2D eigenvalue weighted by Gasteiger charge is -2.26. The summed E-state index contributed by atoms with van der Waals surface area (Å²) in [6.45, 7) is 4.91. The average molecular weight is 491 g/mol. The first-order chi connectivity index (χ1) is 15.8. The van der Waals surface area contributed by atoms with Gasteiger partial charge in [-0.2, -0.15) is 31.3 Å². The number of fused-ring (bicyclic) bond motifs is 1. The van der Waals surface area contributed by atoms with Gasteiger partial charge in [0.1, 0.15) is 5.75 Å². The van der Waals surface area contributed by atoms with Crippen molar-refractivity contribution in [1.82, 2.24) is 20.3 Å². The van der Waals surface area contributed by atoms with Crippen molar-refractivity contribution >= 4 is 23.1 Å². The molecule has 8 nitrogen and oxygen atoms in total. The molecule has 3 aromatic rings. The Hall–Kier alpha value is -3.55. The Kier molecular flexibility index (Phi) is 6.91. The molecule has 4 rings (SSSR count). The van der Waals surface area contributed by atoms with E-state index in [9.17, 15) is 31.4 Å². The predicted molar refractivity (Wildman–Crippen MR) is 110 cm³/mol. The number of aryl methyl sites for hydroxylation is 1. The van der Waals surface area contributed by atoms with Crippen molar-refractivity contribution in [2.45, 2.75) is 19.3 Å². The van der Waals surface area contributed by atoms with E-state index in [1.165, 1.54) is 6.92 Å². The molecular formula is C20H19F6N5O3. The molecule has 4 N–H and O–H groups in total. The fourth-order valence-electron chi connectivity index (χ4n) is 3.31. The number of carboxylic acids is 1. The highest BCUT2D eigenvalue weighted by Gasteiger charge is 2.38. The number of hydrogen-bond acceptors (Lipinski definition) is 6. The summed E-state index contributed by atoms with van der Waals surface area (Å²) in [6.07, 6.45) is -9.60. The molecule has 0 unspecified atom stereocenters. The number of halogens is 6. The van der Waals surface area contributed by atoms with Gasteiger partial charge in [0.2, 0.25) is 5.95 Å². The van der Waals surface area contributed by atoms with Crippen LogP contribution in [0.25, 0.3) is 22.4 Å². The van der Waals surface area contributed by atoms with E-state index in [0.717, 1.165) is 43.8 Å². The Morgan fingerprint density at radius 1 is 1.06 bits per heavy atom. The van der Waals surface area contributed by atoms with Crippen LogP contribution < -0.4 is 10.2 Å². The number of benzene rings is 1. The van der Waals surface area contributed by atoms with Crippen molar-refractivity contribution in [2.75, 3.05) is 31.1 Å². The number of carboxylic acid groups (broad SMARTS) is 1. The maximum absolute atomic E-state index is 12.9. The normalized spacial score (nSPS) is 14.6. The second-order valence-corrected chi connectivity index (χ2v) is 7.35. The van der Waals surface area contributed by atoms with Gasteiger partial charge in [-0.1, -0.05) is 0 Å². The Balaban J connectivity index is 0.000000406. The van der Waals surface area contributed by atoms with Crippen LogP contribution in [0.3, 0.4) is 0 Å². The summed E-state index contributed by atoms with van der Waals surface area (Å²) >= 11 is 0. The van der Waals surface area contributed by atoms with E-state index >= 15 is 0 Å². The number of phenolic OH excluding ortho intramolecular Hbond substituents is 1. The van der Waals surface area contributed by atoms with Gasteiger partial charge in [-0.25, -0.2) is 9.78 Å². The van der Waals surface area contributed by atoms with Crippen LogP contribution in [0.1, 0.15) is 11.1 Å². The third-order valence-electron chi connectivity index (χ3n) is 4.89. The van der Waals surface area contributed by atoms with Crippen molar-refractivity contribution in [1.29, 1.82) is 0 Å². The minimum absolute atomic E-state index is 0.275. The number of carbonyl (C=O) groups is 1. The van der Waals surface area contributed by atoms with E-state index in [2.05, 4.69) is 25.2 Å². The van der Waals surface area contributed by atoms with Gasteiger partial charge in [0.15, 0.2) is 5.65 Å². The minimum atomic E-state index is -5.08. The number of aromatic nitrogens is 3. The number of imidazole rings is 1. The largest absolute Gasteiger partial charge is 0.507 e. The van der Waals surface area contributed by atoms with Gasteiger partial charge >= 0.3 is 18.3 Å². The standard InChI is InChI=1S/C18H18F3N5O.C2HF3O2/c1-10-8-11(18(19,20)21)9-14(27)15(10)12-2-3-13-16(23-12)25-17(24-13)26-6-4-22-5-7-26;3-2(4,5)1(6)7/h2-3,8-9,22,27H,4-7H2,1H3,(H,23,24,25);(H,6,7). The fourth-order valence-corrected chi connectivity index (χ4v) is 3.31. The first kappa shape index (κ1) is 25.1. The fraction of sp³-hybridized carbons (Fsp3) is 0.350. The van der Waals surface area contributed by atoms with Crippen molar-refractivity contribution in [3.63, 3.8) is 0 Å². The third kappa shape index (κ3) is 5.68. The number of phenols is 1. The van der Waals surface area contributed by atoms with E-state index in [1.807, 2.05) is 0 Å². The highest BCUT2D eigenvalue weighted by atomic mass is 19.4. The number of alkyl halides is 6. The van der Waals surface area contributed by atoms with Crippen molar-refractivity contribution in [3.05, 3.63) is 35.4 Å². The maximum Gasteiger partial charge on any atom is 0.490 e. The molecule has 1 fully saturated rings. The highest BCUT2D eigenvalue weighted by Crippen LogP contribution is 2.38. The quantitative estimate of drug-likeness (QED) is 0.404. The Morgan fingerprint density at radius 3 is 2.21 bits per heavy atom. The summed E-state index contributed by atoms with van der Waals surface area (Å²) in [7, 11) is 0. The molecule has 3 heterocycles. The molecule has 0 amide bonds. The average Bonchev–Trinajstić information content (AvgIpc) is 3.16. The van der Waals surface area contributed by atoms with E-state index in [4.69, 9.17) is 9.90 Å². The third-order valence-corrected chi connectivity index (χ3v) is 4.89. The number of piperazine rings is 1. The van der Waals surface area contributed by atoms with E-state index in [-0.39, 0.29) is 5.56 Å². The van der Waals surface area contributed by atoms with Gasteiger partial charge in [0, 0.05) is 31.7 Å². The van der Waals surface area contributed by atoms with Gasteiger partial charge < -0.3 is 25.4 Å². The second kappa shape index (κ2) is 9.37. The van der Waals surface area contributed by atoms with Crippen LogP contribution in [0.15, 0.2) is 24.3 Å². The zero-order valence-electron chi connectivity index (χ0n) is 17.5. The summed E-state index contributed by atoms with van der Waals surface area (Å²) in [5, 5.41) is 20.6. The number of nitrogens with one attached hydrogen (secondary N) is 2. The lowest BCUT2D eigenvalue weighted by atomic mass is 10.0. The van der Waals surface area contributed by atoms with Crippen LogP contribution in [-0.2, 0) is 11.0 Å². The van der Waals surface area contributed by atoms with Gasteiger partial charge in [-0.05, 0) is 36.8 Å². The number of anilines is 1. The van der Waals surface area contributed by atoms with Crippen molar-refractivity contribution in [2.24, 2.45) is 0 Å². The molecule has 0 atom stereocenters. The topological polar surface area (TPSA) is 114 Å². The summed E-state index contributed by atoms with van der Waals surface area (Å²) in [5.74, 6) is -2.50. The molecule has 0 radical (unpaired) electrons. The molecule has 2 aromatic heterocycles. The lowest BCUT2D eigenvalue weighted by Crippen LogP contribution is -2.44. The molecule has 1 aromatic carbocycles. The zero-order valence-corrected chi connectivity index (χ0v) is 17.5. The smallest absolute Gasteiger partial charge is 0.490 e. The molecule has 0 saturated carbocycles. The minimum Gasteiger partial charge on any atom is -0.507 e. The first-order valence-electron chi connectivity index (χ1n) is 9.81. The SMILES string of the molecule is Cc1cc(C(F)(F)F)cc(O)c1-c1ccc2[nH]c(N3CCNCC3)nc2n1.O=C(O)C(F)(F)F. The van der Waals surface area contributed by atoms with E-state index < -0.39 is 29.6 Å². The van der Waals surface area contributed by atoms with Crippen molar-refractivity contribution in [3.8, 4) is 17.0 Å². The Morgan fingerprint density at radius 2 is 1.68 bits per heavy atom. The van der Waals surface area contributed by atoms with Crippen LogP contribution >= 0.6 is 0 Å². The molecule has 0 aliphatic carbocycles. The zero-order chi connectivity index (χ0) is 25.3. The van der Waals surface area contributed by atoms with Crippen LogP contribution in [0, 0.1) is 6.92 Å². The van der Waals surface area contributed by atoms with Crippen molar-refractivity contribution < 1.29 is 41.4 Å². The van der Waals surface area contributed by atoms with E-state index in [1.54, 1.807) is 12.1 Å². The number of aliphatic carboxylic acids is 1. The molecule has 1 aliphatic rings. The number of H-pyrrole nitrogens is 1. The van der Waals surface area contributed by atoms with Crippen LogP contribution in [-0.4, -0.2) is 63.5 Å². The van der Waals surface area contributed by atoms with Gasteiger partial charge in [-0.3, -0.25) is 0 Å². The summed E-state index contributed by atoms with van der Waals surface area (Å²) in [4.78, 5) is 23.2. The number of rotatable bonds is 2. The number of hydrogen-bond donors (Lipinski definition) is 4. The molecule has 0 spiro atoms. The van der Waals surface area contributed by atoms with Gasteiger partial charge in [0.05, 0.1) is 16.8 Å². The maximum atomic E-state index is 12.9. The molecule has 184 valence electrons. The van der Waals surface area contributed by atoms with Crippen LogP contribution in [0.5, 0.6) is 5.75 Å². The first-order valence-corrected chi connectivity index (χ1v) is 9.81. The molecule has 34 heavy (non-hydrogen) atoms. The molecule has 1 aliphatic heterocycles. The Bertz CT molecular complexity index is 1160. The summed E-state index contributed by atoms with van der Waals surface area (Å²) in [6, 6.07) is 5.17. The van der Waals surface area contributed by atoms with Gasteiger partial charge in [0.25, 0.3) is 0 Å². The number of aromatic amines is 1. The van der Waals surface area contributed by atoms with E-state index in [0.29, 0.717) is 22.9 Å². The highest BCUT2D eigenvalue weighted by molar-refractivity contribution is 5.80. The molecule has 14 heteroatoms. The summed E-state index contributed by atoms with van der Waals surface area (Å²) in [5.41, 5.74) is 1.26. The molecule has 1 saturated heterocycles. The predicted octanol–water partition coefficient (Wildman–Crippen LogP) is 3.70. The number of aromatic hydroxyl groups is 1. The van der Waals surface area contributed by atoms with Crippen LogP contribution in [0.2, 0.25) is 0 Å². The Labute approximate surface area is 188 Å². The lowest BCUT2D eigenvalue weighted by molar-refractivity contribution is -0.192. The second-order valence-electron chi connectivity index (χ2n) is 7.35. The monoisotopic (exact) mass is 491 g/mol. The number of pyridine rings is 1. The van der Waals surface area contributed by atoms with Gasteiger partial charge in [-0.15, -0.1) is 0 Å². The molecule has 0 bridgehead atoms. The molecular weight excluding hydrogens is 472 g/mol. The summed E-state index contributed by atoms with van der Waals surface area (Å²) < 4.78 is 70.5. The van der Waals surface area contributed by atoms with Crippen LogP contribution in [0.4, 0.5) is 32.3 Å².